The lowest BCUT2D eigenvalue weighted by Gasteiger charge is -2.47. The van der Waals surface area contributed by atoms with Crippen LogP contribution in [0.4, 0.5) is 0 Å². The Kier molecular flexibility index (Phi) is 17.1. The maximum absolute atomic E-state index is 13.0. The molecule has 0 amide bonds. The third-order valence-electron chi connectivity index (χ3n) is 9.79. The van der Waals surface area contributed by atoms with Gasteiger partial charge in [0.1, 0.15) is 12.7 Å². The van der Waals surface area contributed by atoms with E-state index in [0.29, 0.717) is 38.0 Å². The zero-order chi connectivity index (χ0) is 36.7. The van der Waals surface area contributed by atoms with Crippen molar-refractivity contribution in [3.05, 3.63) is 84.6 Å². The molecule has 3 heterocycles. The van der Waals surface area contributed by atoms with Gasteiger partial charge in [-0.3, -0.25) is 0 Å². The molecule has 2 saturated heterocycles. The second kappa shape index (κ2) is 20.7. The lowest BCUT2D eigenvalue weighted by Crippen LogP contribution is -2.55. The highest BCUT2D eigenvalue weighted by molar-refractivity contribution is 5.82. The Labute approximate surface area is 299 Å². The summed E-state index contributed by atoms with van der Waals surface area (Å²) in [5.74, 6) is -0.720. The number of fused-ring (bicyclic) bond motifs is 4. The minimum atomic E-state index is -1.31. The van der Waals surface area contributed by atoms with Gasteiger partial charge in [-0.15, -0.1) is 0 Å². The van der Waals surface area contributed by atoms with E-state index in [1.165, 1.54) is 6.08 Å². The van der Waals surface area contributed by atoms with Crippen LogP contribution in [0.2, 0.25) is 0 Å². The van der Waals surface area contributed by atoms with Crippen molar-refractivity contribution < 1.29 is 43.9 Å². The van der Waals surface area contributed by atoms with Gasteiger partial charge in [-0.1, -0.05) is 101 Å². The lowest BCUT2D eigenvalue weighted by molar-refractivity contribution is -0.198. The topological polar surface area (TPSA) is 132 Å². The van der Waals surface area contributed by atoms with Crippen molar-refractivity contribution in [3.63, 3.8) is 0 Å². The maximum atomic E-state index is 13.0. The van der Waals surface area contributed by atoms with Crippen LogP contribution < -0.4 is 0 Å². The van der Waals surface area contributed by atoms with Gasteiger partial charge in [0.2, 0.25) is 0 Å². The number of hydrogen-bond donors (Lipinski definition) is 3. The standard InChI is InChI=1S/C41H60O9/c1-28(2)21-22-30(4)26-47-40(46)34(43)18-13-14-19-37-41(6,27-42)38-25-33(49-37)17-10-7-9-15-29(3)23-36-31(5)35(44)24-32(48-36)16-11-8-12-20-39(45)50-38/h8-15,17,20,23,28,31-38,42-44H,4,7,16,18-19,21-22,24-27H2,1-3,5-6H3/b11-8+,14-13-,15-9+,17-10?,20-12+,29-23-/t31-,32+,33-,34+,35+,36-,37+,38-,41+/m1/s1. The predicted molar refractivity (Wildman–Crippen MR) is 195 cm³/mol. The third kappa shape index (κ3) is 13.2. The normalized spacial score (nSPS) is 34.6. The smallest absolute Gasteiger partial charge is 0.335 e. The van der Waals surface area contributed by atoms with Crippen molar-refractivity contribution in [2.24, 2.45) is 17.3 Å². The summed E-state index contributed by atoms with van der Waals surface area (Å²) in [6, 6.07) is 0. The Morgan fingerprint density at radius 3 is 2.66 bits per heavy atom. The Balaban J connectivity index is 1.71. The Hall–Kier alpha value is -3.08. The van der Waals surface area contributed by atoms with Crippen LogP contribution in [0.1, 0.15) is 86.0 Å². The highest BCUT2D eigenvalue weighted by atomic mass is 16.6. The van der Waals surface area contributed by atoms with Gasteiger partial charge in [0.25, 0.3) is 0 Å². The van der Waals surface area contributed by atoms with E-state index >= 15 is 0 Å². The van der Waals surface area contributed by atoms with Gasteiger partial charge in [-0.2, -0.15) is 0 Å². The molecule has 0 aromatic heterocycles. The molecular weight excluding hydrogens is 636 g/mol. The molecule has 9 heteroatoms. The highest BCUT2D eigenvalue weighted by Gasteiger charge is 2.49. The van der Waals surface area contributed by atoms with Crippen molar-refractivity contribution in [1.82, 2.24) is 0 Å². The number of hydrogen-bond acceptors (Lipinski definition) is 9. The van der Waals surface area contributed by atoms with Crippen LogP contribution in [0, 0.1) is 17.3 Å². The van der Waals surface area contributed by atoms with Crippen LogP contribution in [-0.4, -0.2) is 83.2 Å². The molecule has 9 nitrogen and oxygen atoms in total. The van der Waals surface area contributed by atoms with E-state index in [1.54, 1.807) is 18.2 Å². The highest BCUT2D eigenvalue weighted by Crippen LogP contribution is 2.41. The van der Waals surface area contributed by atoms with E-state index < -0.39 is 41.8 Å². The van der Waals surface area contributed by atoms with Gasteiger partial charge < -0.3 is 34.3 Å². The number of carbonyl (C=O) groups is 2. The number of esters is 2. The summed E-state index contributed by atoms with van der Waals surface area (Å²) in [4.78, 5) is 25.3. The molecule has 0 aromatic carbocycles. The Morgan fingerprint density at radius 1 is 1.14 bits per heavy atom. The molecule has 2 fully saturated rings. The zero-order valence-electron chi connectivity index (χ0n) is 30.6. The first-order chi connectivity index (χ1) is 23.8. The average molecular weight is 697 g/mol. The predicted octanol–water partition coefficient (Wildman–Crippen LogP) is 6.41. The van der Waals surface area contributed by atoms with Crippen molar-refractivity contribution in [2.75, 3.05) is 13.2 Å². The summed E-state index contributed by atoms with van der Waals surface area (Å²) >= 11 is 0. The molecule has 3 rings (SSSR count). The molecule has 3 N–H and O–H groups in total. The number of rotatable bonds is 11. The van der Waals surface area contributed by atoms with Crippen LogP contribution in [0.5, 0.6) is 0 Å². The second-order valence-corrected chi connectivity index (χ2v) is 14.6. The molecule has 278 valence electrons. The summed E-state index contributed by atoms with van der Waals surface area (Å²) < 4.78 is 23.9. The third-order valence-corrected chi connectivity index (χ3v) is 9.79. The van der Waals surface area contributed by atoms with Crippen LogP contribution in [0.15, 0.2) is 84.6 Å². The largest absolute Gasteiger partial charge is 0.459 e. The summed E-state index contributed by atoms with van der Waals surface area (Å²) in [6.45, 7) is 13.9. The fourth-order valence-corrected chi connectivity index (χ4v) is 6.27. The summed E-state index contributed by atoms with van der Waals surface area (Å²) in [5, 5.41) is 31.6. The molecule has 0 saturated carbocycles. The van der Waals surface area contributed by atoms with Crippen LogP contribution in [0.25, 0.3) is 0 Å². The first-order valence-corrected chi connectivity index (χ1v) is 18.1. The first-order valence-electron chi connectivity index (χ1n) is 18.1. The van der Waals surface area contributed by atoms with Crippen molar-refractivity contribution in [1.29, 1.82) is 0 Å². The maximum Gasteiger partial charge on any atom is 0.335 e. The van der Waals surface area contributed by atoms with E-state index in [0.717, 1.165) is 24.0 Å². The van der Waals surface area contributed by atoms with Gasteiger partial charge in [0.05, 0.1) is 42.5 Å². The van der Waals surface area contributed by atoms with Crippen molar-refractivity contribution in [3.8, 4) is 0 Å². The number of aliphatic hydroxyl groups is 3. The van der Waals surface area contributed by atoms with Gasteiger partial charge in [0, 0.05) is 31.3 Å². The Morgan fingerprint density at radius 2 is 1.92 bits per heavy atom. The first kappa shape index (κ1) is 41.3. The summed E-state index contributed by atoms with van der Waals surface area (Å²) in [5.41, 5.74) is 0.954. The summed E-state index contributed by atoms with van der Waals surface area (Å²) in [6.07, 6.45) is 21.0. The summed E-state index contributed by atoms with van der Waals surface area (Å²) in [7, 11) is 0. The monoisotopic (exact) mass is 696 g/mol. The molecule has 3 aliphatic heterocycles. The minimum Gasteiger partial charge on any atom is -0.459 e. The van der Waals surface area contributed by atoms with Crippen LogP contribution >= 0.6 is 0 Å². The Bertz CT molecular complexity index is 1290. The molecule has 50 heavy (non-hydrogen) atoms. The second-order valence-electron chi connectivity index (χ2n) is 14.6. The molecule has 3 aliphatic rings. The van der Waals surface area contributed by atoms with Crippen molar-refractivity contribution in [2.45, 2.75) is 129 Å². The van der Waals surface area contributed by atoms with Crippen LogP contribution in [-0.2, 0) is 28.5 Å². The van der Waals surface area contributed by atoms with E-state index in [1.807, 2.05) is 57.2 Å². The SMILES string of the molecule is C=C(CCC(C)C)COC(=O)[C@@H](O)C/C=C\C[C@@H]1O[C@@H]2C=CC/C=C/C(C)=C\[C@H]3O[C@@H](C/C=C/C=C/C(=O)O[C@H](C2)[C@@]1(C)CO)C[C@H](O)[C@H]3C. The van der Waals surface area contributed by atoms with Gasteiger partial charge in [-0.05, 0) is 50.5 Å². The van der Waals surface area contributed by atoms with E-state index in [9.17, 15) is 24.9 Å². The number of allylic oxidation sites excluding steroid dienone is 6. The molecule has 0 aromatic rings. The van der Waals surface area contributed by atoms with E-state index in [4.69, 9.17) is 18.9 Å². The number of ether oxygens (including phenoxy) is 4. The molecule has 0 spiro atoms. The number of aliphatic hydroxyl groups excluding tert-OH is 3. The number of carbonyl (C=O) groups excluding carboxylic acids is 2. The minimum absolute atomic E-state index is 0.0218. The van der Waals surface area contributed by atoms with Gasteiger partial charge in [0.15, 0.2) is 6.10 Å². The lowest BCUT2D eigenvalue weighted by atomic mass is 9.73. The zero-order valence-corrected chi connectivity index (χ0v) is 30.6. The van der Waals surface area contributed by atoms with Crippen molar-refractivity contribution >= 4 is 11.9 Å². The molecular formula is C41H60O9. The molecule has 0 radical (unpaired) electrons. The van der Waals surface area contributed by atoms with Crippen LogP contribution in [0.3, 0.4) is 0 Å². The van der Waals surface area contributed by atoms with E-state index in [-0.39, 0.29) is 43.9 Å². The average Bonchev–Trinajstić information content (AvgIpc) is 3.07. The van der Waals surface area contributed by atoms with E-state index in [2.05, 4.69) is 26.5 Å². The molecule has 0 aliphatic carbocycles. The molecule has 4 bridgehead atoms. The fraction of sp³-hybridized carbons (Fsp3) is 0.610. The molecule has 0 unspecified atom stereocenters. The van der Waals surface area contributed by atoms with Gasteiger partial charge in [-0.25, -0.2) is 9.59 Å². The fourth-order valence-electron chi connectivity index (χ4n) is 6.27. The quantitative estimate of drug-likeness (QED) is 0.166. The van der Waals surface area contributed by atoms with Gasteiger partial charge >= 0.3 is 11.9 Å². The molecule has 9 atom stereocenters.